The van der Waals surface area contributed by atoms with Gasteiger partial charge in [0.25, 0.3) is 5.91 Å². The van der Waals surface area contributed by atoms with Gasteiger partial charge in [-0.25, -0.2) is 13.8 Å². The largest absolute Gasteiger partial charge is 0.365 e. The second-order valence-electron chi connectivity index (χ2n) is 9.01. The summed E-state index contributed by atoms with van der Waals surface area (Å²) in [5.74, 6) is -1.25. The van der Waals surface area contributed by atoms with Crippen LogP contribution in [0.4, 0.5) is 14.5 Å². The molecule has 1 aromatic heterocycles. The van der Waals surface area contributed by atoms with Gasteiger partial charge in [-0.1, -0.05) is 18.2 Å². The molecule has 2 aliphatic rings. The Labute approximate surface area is 201 Å². The average Bonchev–Trinajstić information content (AvgIpc) is 3.30. The lowest BCUT2D eigenvalue weighted by Gasteiger charge is -2.31. The molecule has 2 aliphatic heterocycles. The van der Waals surface area contributed by atoms with Crippen LogP contribution in [-0.2, 0) is 22.7 Å². The number of aromatic nitrogens is 2. The highest BCUT2D eigenvalue weighted by Crippen LogP contribution is 2.29. The van der Waals surface area contributed by atoms with Gasteiger partial charge in [0.2, 0.25) is 5.91 Å². The van der Waals surface area contributed by atoms with Crippen LogP contribution in [0.2, 0.25) is 0 Å². The summed E-state index contributed by atoms with van der Waals surface area (Å²) in [4.78, 5) is 32.0. The molecule has 35 heavy (non-hydrogen) atoms. The molecule has 1 saturated heterocycles. The SMILES string of the molecule is Cc1c(F)cccc1NC(=O)C1CCN(C(=O)c2ncn3c2CO[C@@H](c2ccc(F)cc2)C3)CC1. The number of carbonyl (C=O) groups excluding carboxylic acids is 2. The van der Waals surface area contributed by atoms with Crippen LogP contribution >= 0.6 is 0 Å². The molecular formula is C26H26F2N4O3. The first-order valence-corrected chi connectivity index (χ1v) is 11.7. The number of piperidine rings is 1. The third kappa shape index (κ3) is 4.68. The van der Waals surface area contributed by atoms with Gasteiger partial charge in [-0.3, -0.25) is 9.59 Å². The summed E-state index contributed by atoms with van der Waals surface area (Å²) in [6.45, 7) is 3.22. The van der Waals surface area contributed by atoms with Gasteiger partial charge in [0.15, 0.2) is 5.69 Å². The molecule has 5 rings (SSSR count). The predicted molar refractivity (Wildman–Crippen MR) is 125 cm³/mol. The van der Waals surface area contributed by atoms with Crippen molar-refractivity contribution < 1.29 is 23.1 Å². The van der Waals surface area contributed by atoms with Crippen LogP contribution in [0.25, 0.3) is 0 Å². The van der Waals surface area contributed by atoms with Crippen LogP contribution in [0, 0.1) is 24.5 Å². The van der Waals surface area contributed by atoms with E-state index in [1.54, 1.807) is 42.4 Å². The van der Waals surface area contributed by atoms with Gasteiger partial charge in [0.1, 0.15) is 17.7 Å². The van der Waals surface area contributed by atoms with Gasteiger partial charge in [0.05, 0.1) is 25.2 Å². The van der Waals surface area contributed by atoms with E-state index in [1.807, 2.05) is 4.57 Å². The summed E-state index contributed by atoms with van der Waals surface area (Å²) in [7, 11) is 0. The highest BCUT2D eigenvalue weighted by molar-refractivity contribution is 5.95. The lowest BCUT2D eigenvalue weighted by atomic mass is 9.95. The maximum atomic E-state index is 13.8. The number of rotatable bonds is 4. The number of benzene rings is 2. The minimum absolute atomic E-state index is 0.162. The minimum atomic E-state index is -0.361. The number of anilines is 1. The predicted octanol–water partition coefficient (Wildman–Crippen LogP) is 4.23. The zero-order valence-electron chi connectivity index (χ0n) is 19.3. The standard InChI is InChI=1S/C26H26F2N4O3/c1-16-20(28)3-2-4-21(16)30-25(33)18-9-11-31(12-10-18)26(34)24-22-14-35-23(13-32(22)15-29-24)17-5-7-19(27)8-6-17/h2-8,15,18,23H,9-14H2,1H3,(H,30,33)/t23-/m1/s1. The zero-order chi connectivity index (χ0) is 24.5. The second kappa shape index (κ2) is 9.58. The number of imidazole rings is 1. The number of halogens is 2. The number of hydrogen-bond donors (Lipinski definition) is 1. The fourth-order valence-electron chi connectivity index (χ4n) is 4.66. The first kappa shape index (κ1) is 23.2. The molecule has 2 aromatic carbocycles. The number of fused-ring (bicyclic) bond motifs is 1. The quantitative estimate of drug-likeness (QED) is 0.606. The van der Waals surface area contributed by atoms with Crippen molar-refractivity contribution in [3.63, 3.8) is 0 Å². The van der Waals surface area contributed by atoms with E-state index in [-0.39, 0.29) is 42.1 Å². The van der Waals surface area contributed by atoms with Gasteiger partial charge in [-0.05, 0) is 49.6 Å². The highest BCUT2D eigenvalue weighted by atomic mass is 19.1. The number of nitrogens with one attached hydrogen (secondary N) is 1. The maximum Gasteiger partial charge on any atom is 0.274 e. The number of ether oxygens (including phenoxy) is 1. The molecule has 0 saturated carbocycles. The third-order valence-corrected chi connectivity index (χ3v) is 6.85. The van der Waals surface area contributed by atoms with Crippen LogP contribution < -0.4 is 5.32 Å². The van der Waals surface area contributed by atoms with E-state index < -0.39 is 0 Å². The molecule has 0 spiro atoms. The molecule has 0 unspecified atom stereocenters. The number of hydrogen-bond acceptors (Lipinski definition) is 4. The van der Waals surface area contributed by atoms with Gasteiger partial charge in [0, 0.05) is 30.3 Å². The molecule has 0 bridgehead atoms. The van der Waals surface area contributed by atoms with Gasteiger partial charge < -0.3 is 19.5 Å². The molecule has 1 atom stereocenters. The lowest BCUT2D eigenvalue weighted by molar-refractivity contribution is -0.121. The zero-order valence-corrected chi connectivity index (χ0v) is 19.3. The Bertz CT molecular complexity index is 1250. The van der Waals surface area contributed by atoms with Crippen LogP contribution in [0.15, 0.2) is 48.8 Å². The molecule has 1 fully saturated rings. The summed E-state index contributed by atoms with van der Waals surface area (Å²) in [6, 6.07) is 10.8. The monoisotopic (exact) mass is 480 g/mol. The van der Waals surface area contributed by atoms with Gasteiger partial charge in [-0.15, -0.1) is 0 Å². The summed E-state index contributed by atoms with van der Waals surface area (Å²) in [5.41, 5.74) is 2.82. The van der Waals surface area contributed by atoms with E-state index in [2.05, 4.69) is 10.3 Å². The van der Waals surface area contributed by atoms with Crippen molar-refractivity contribution in [3.05, 3.63) is 82.9 Å². The second-order valence-corrected chi connectivity index (χ2v) is 9.01. The molecule has 2 amide bonds. The summed E-state index contributed by atoms with van der Waals surface area (Å²) >= 11 is 0. The van der Waals surface area contributed by atoms with Crippen molar-refractivity contribution in [1.29, 1.82) is 0 Å². The van der Waals surface area contributed by atoms with Crippen molar-refractivity contribution >= 4 is 17.5 Å². The van der Waals surface area contributed by atoms with Crippen LogP contribution in [-0.4, -0.2) is 39.4 Å². The fourth-order valence-corrected chi connectivity index (χ4v) is 4.66. The van der Waals surface area contributed by atoms with Crippen LogP contribution in [0.5, 0.6) is 0 Å². The number of amides is 2. The summed E-state index contributed by atoms with van der Waals surface area (Å²) < 4.78 is 34.9. The molecule has 7 nitrogen and oxygen atoms in total. The number of nitrogens with zero attached hydrogens (tertiary/aromatic N) is 3. The van der Waals surface area contributed by atoms with E-state index >= 15 is 0 Å². The molecule has 3 aromatic rings. The summed E-state index contributed by atoms with van der Waals surface area (Å²) in [6.07, 6.45) is 2.44. The molecule has 0 radical (unpaired) electrons. The highest BCUT2D eigenvalue weighted by Gasteiger charge is 2.32. The van der Waals surface area contributed by atoms with E-state index in [1.165, 1.54) is 18.2 Å². The average molecular weight is 481 g/mol. The Morgan fingerprint density at radius 1 is 1.09 bits per heavy atom. The molecule has 1 N–H and O–H groups in total. The Morgan fingerprint density at radius 3 is 2.57 bits per heavy atom. The Kier molecular flexibility index (Phi) is 6.34. The van der Waals surface area contributed by atoms with Crippen molar-refractivity contribution in [2.24, 2.45) is 5.92 Å². The molecule has 3 heterocycles. The van der Waals surface area contributed by atoms with Crippen molar-refractivity contribution in [1.82, 2.24) is 14.5 Å². The molecular weight excluding hydrogens is 454 g/mol. The van der Waals surface area contributed by atoms with Gasteiger partial charge >= 0.3 is 0 Å². The van der Waals surface area contributed by atoms with Crippen molar-refractivity contribution in [2.75, 3.05) is 18.4 Å². The third-order valence-electron chi connectivity index (χ3n) is 6.85. The molecule has 182 valence electrons. The lowest BCUT2D eigenvalue weighted by Crippen LogP contribution is -2.42. The number of carbonyl (C=O) groups is 2. The Hall–Kier alpha value is -3.59. The van der Waals surface area contributed by atoms with E-state index in [4.69, 9.17) is 4.74 Å². The van der Waals surface area contributed by atoms with Crippen LogP contribution in [0.1, 0.15) is 46.3 Å². The fraction of sp³-hybridized carbons (Fsp3) is 0.346. The topological polar surface area (TPSA) is 76.5 Å². The van der Waals surface area contributed by atoms with Crippen LogP contribution in [0.3, 0.4) is 0 Å². The summed E-state index contributed by atoms with van der Waals surface area (Å²) in [5, 5.41) is 2.82. The number of likely N-dealkylation sites (tertiary alicyclic amines) is 1. The van der Waals surface area contributed by atoms with E-state index in [0.29, 0.717) is 49.4 Å². The minimum Gasteiger partial charge on any atom is -0.365 e. The first-order chi connectivity index (χ1) is 16.9. The Balaban J connectivity index is 1.19. The molecule has 0 aliphatic carbocycles. The molecule has 9 heteroatoms. The van der Waals surface area contributed by atoms with E-state index in [0.717, 1.165) is 11.3 Å². The van der Waals surface area contributed by atoms with Crippen molar-refractivity contribution in [2.45, 2.75) is 39.0 Å². The van der Waals surface area contributed by atoms with E-state index in [9.17, 15) is 18.4 Å². The first-order valence-electron chi connectivity index (χ1n) is 11.7. The Morgan fingerprint density at radius 2 is 1.83 bits per heavy atom. The maximum absolute atomic E-state index is 13.8. The normalized spacial score (nSPS) is 18.3. The van der Waals surface area contributed by atoms with Gasteiger partial charge in [-0.2, -0.15) is 0 Å². The van der Waals surface area contributed by atoms with Crippen molar-refractivity contribution in [3.8, 4) is 0 Å². The smallest absolute Gasteiger partial charge is 0.274 e.